The average molecular weight is 389 g/mol. The summed E-state index contributed by atoms with van der Waals surface area (Å²) in [6, 6.07) is 15.6. The van der Waals surface area contributed by atoms with E-state index in [0.717, 1.165) is 43.2 Å². The number of anilines is 1. The number of nitrogens with one attached hydrogen (secondary N) is 2. The molecule has 0 bridgehead atoms. The number of hydrogen-bond acceptors (Lipinski definition) is 3. The number of rotatable bonds is 6. The highest BCUT2D eigenvalue weighted by Crippen LogP contribution is 2.27. The molecule has 0 aliphatic carbocycles. The van der Waals surface area contributed by atoms with Crippen molar-refractivity contribution in [3.63, 3.8) is 0 Å². The third-order valence-corrected chi connectivity index (χ3v) is 5.40. The second kappa shape index (κ2) is 9.11. The largest absolute Gasteiger partial charge is 0.495 e. The Morgan fingerprint density at radius 2 is 1.85 bits per heavy atom. The van der Waals surface area contributed by atoms with Gasteiger partial charge in [0.2, 0.25) is 0 Å². The van der Waals surface area contributed by atoms with Crippen molar-refractivity contribution in [3.05, 3.63) is 59.1 Å². The Kier molecular flexibility index (Phi) is 6.58. The number of methoxy groups -OCH3 is 1. The van der Waals surface area contributed by atoms with Crippen LogP contribution in [0.25, 0.3) is 0 Å². The van der Waals surface area contributed by atoms with Gasteiger partial charge in [0.25, 0.3) is 5.91 Å². The van der Waals surface area contributed by atoms with Crippen molar-refractivity contribution >= 4 is 23.2 Å². The summed E-state index contributed by atoms with van der Waals surface area (Å²) in [6.07, 6.45) is 0. The first kappa shape index (κ1) is 19.5. The second-order valence-electron chi connectivity index (χ2n) is 6.90. The molecule has 2 aromatic rings. The van der Waals surface area contributed by atoms with Crippen LogP contribution in [0.3, 0.4) is 0 Å². The van der Waals surface area contributed by atoms with E-state index in [1.807, 2.05) is 49.4 Å². The fraction of sp³-hybridized carbons (Fsp3) is 0.381. The van der Waals surface area contributed by atoms with E-state index in [4.69, 9.17) is 16.3 Å². The SMILES string of the molecule is COc1ccccc1N1CC[NH+](CC(=O)N[C@H](C)c2ccccc2Cl)CC1. The van der Waals surface area contributed by atoms with Crippen LogP contribution in [-0.2, 0) is 4.79 Å². The molecule has 1 atom stereocenters. The molecule has 5 nitrogen and oxygen atoms in total. The summed E-state index contributed by atoms with van der Waals surface area (Å²) >= 11 is 6.22. The number of halogens is 1. The van der Waals surface area contributed by atoms with Crippen LogP contribution in [-0.4, -0.2) is 45.7 Å². The molecule has 144 valence electrons. The maximum Gasteiger partial charge on any atom is 0.275 e. The van der Waals surface area contributed by atoms with E-state index in [-0.39, 0.29) is 11.9 Å². The lowest BCUT2D eigenvalue weighted by Gasteiger charge is -2.34. The number of hydrogen-bond donors (Lipinski definition) is 2. The van der Waals surface area contributed by atoms with Crippen molar-refractivity contribution in [2.24, 2.45) is 0 Å². The van der Waals surface area contributed by atoms with Crippen LogP contribution in [0.15, 0.2) is 48.5 Å². The van der Waals surface area contributed by atoms with Crippen LogP contribution in [0.1, 0.15) is 18.5 Å². The summed E-state index contributed by atoms with van der Waals surface area (Å²) in [4.78, 5) is 16.1. The summed E-state index contributed by atoms with van der Waals surface area (Å²) in [7, 11) is 1.70. The smallest absolute Gasteiger partial charge is 0.275 e. The highest BCUT2D eigenvalue weighted by Gasteiger charge is 2.24. The third kappa shape index (κ3) is 4.93. The lowest BCUT2D eigenvalue weighted by atomic mass is 10.1. The molecule has 6 heteroatoms. The molecule has 1 heterocycles. The number of piperazine rings is 1. The van der Waals surface area contributed by atoms with Gasteiger partial charge in [-0.05, 0) is 30.7 Å². The van der Waals surface area contributed by atoms with Gasteiger partial charge in [0.15, 0.2) is 6.54 Å². The molecule has 0 radical (unpaired) electrons. The van der Waals surface area contributed by atoms with Gasteiger partial charge < -0.3 is 19.9 Å². The van der Waals surface area contributed by atoms with Gasteiger partial charge in [0.05, 0.1) is 45.0 Å². The summed E-state index contributed by atoms with van der Waals surface area (Å²) in [5.74, 6) is 0.954. The monoisotopic (exact) mass is 388 g/mol. The number of ether oxygens (including phenoxy) is 1. The molecule has 2 N–H and O–H groups in total. The zero-order chi connectivity index (χ0) is 19.2. The number of nitrogens with zero attached hydrogens (tertiary/aromatic N) is 1. The lowest BCUT2D eigenvalue weighted by Crippen LogP contribution is -3.15. The van der Waals surface area contributed by atoms with E-state index in [1.165, 1.54) is 4.90 Å². The molecule has 1 saturated heterocycles. The van der Waals surface area contributed by atoms with Gasteiger partial charge in [-0.1, -0.05) is 41.9 Å². The summed E-state index contributed by atoms with van der Waals surface area (Å²) < 4.78 is 5.46. The van der Waals surface area contributed by atoms with E-state index >= 15 is 0 Å². The highest BCUT2D eigenvalue weighted by atomic mass is 35.5. The van der Waals surface area contributed by atoms with Gasteiger partial charge in [-0.3, -0.25) is 4.79 Å². The van der Waals surface area contributed by atoms with Crippen molar-refractivity contribution < 1.29 is 14.4 Å². The Labute approximate surface area is 165 Å². The maximum absolute atomic E-state index is 12.4. The number of para-hydroxylation sites is 2. The summed E-state index contributed by atoms with van der Waals surface area (Å²) in [6.45, 7) is 6.10. The summed E-state index contributed by atoms with van der Waals surface area (Å²) in [5.41, 5.74) is 2.07. The quantitative estimate of drug-likeness (QED) is 0.795. The van der Waals surface area contributed by atoms with Crippen molar-refractivity contribution in [1.82, 2.24) is 5.32 Å². The molecular weight excluding hydrogens is 362 g/mol. The van der Waals surface area contributed by atoms with Crippen LogP contribution in [0.2, 0.25) is 5.02 Å². The topological polar surface area (TPSA) is 46.0 Å². The standard InChI is InChI=1S/C21H26ClN3O2/c1-16(17-7-3-4-8-18(17)22)23-21(26)15-24-11-13-25(14-12-24)19-9-5-6-10-20(19)27-2/h3-10,16H,11-15H2,1-2H3,(H,23,26)/p+1/t16-/m1/s1. The number of benzene rings is 2. The first-order valence-corrected chi connectivity index (χ1v) is 9.71. The van der Waals surface area contributed by atoms with Gasteiger partial charge in [0, 0.05) is 5.02 Å². The minimum Gasteiger partial charge on any atom is -0.495 e. The Balaban J connectivity index is 1.50. The van der Waals surface area contributed by atoms with Gasteiger partial charge in [-0.15, -0.1) is 0 Å². The molecule has 3 rings (SSSR count). The number of carbonyl (C=O) groups is 1. The van der Waals surface area contributed by atoms with Gasteiger partial charge >= 0.3 is 0 Å². The van der Waals surface area contributed by atoms with Crippen LogP contribution in [0.5, 0.6) is 5.75 Å². The zero-order valence-electron chi connectivity index (χ0n) is 15.9. The first-order chi connectivity index (χ1) is 13.1. The Morgan fingerprint density at radius 1 is 1.19 bits per heavy atom. The number of carbonyl (C=O) groups excluding carboxylic acids is 1. The second-order valence-corrected chi connectivity index (χ2v) is 7.30. The molecule has 1 amide bonds. The van der Waals surface area contributed by atoms with Crippen LogP contribution < -0.4 is 19.9 Å². The van der Waals surface area contributed by atoms with Crippen molar-refractivity contribution in [3.8, 4) is 5.75 Å². The van der Waals surface area contributed by atoms with Gasteiger partial charge in [-0.2, -0.15) is 0 Å². The molecule has 27 heavy (non-hydrogen) atoms. The molecule has 0 saturated carbocycles. The fourth-order valence-electron chi connectivity index (χ4n) is 3.56. The van der Waals surface area contributed by atoms with E-state index in [9.17, 15) is 4.79 Å². The Bertz CT molecular complexity index is 776. The van der Waals surface area contributed by atoms with Crippen LogP contribution >= 0.6 is 11.6 Å². The zero-order valence-corrected chi connectivity index (χ0v) is 16.6. The fourth-order valence-corrected chi connectivity index (χ4v) is 3.85. The van der Waals surface area contributed by atoms with Gasteiger partial charge in [-0.25, -0.2) is 0 Å². The maximum atomic E-state index is 12.4. The molecule has 0 spiro atoms. The van der Waals surface area contributed by atoms with E-state index in [1.54, 1.807) is 7.11 Å². The van der Waals surface area contributed by atoms with Crippen molar-refractivity contribution in [1.29, 1.82) is 0 Å². The van der Waals surface area contributed by atoms with E-state index in [2.05, 4.69) is 16.3 Å². The Hall–Kier alpha value is -2.24. The minimum absolute atomic E-state index is 0.0585. The predicted molar refractivity (Wildman–Crippen MR) is 109 cm³/mol. The number of amides is 1. The first-order valence-electron chi connectivity index (χ1n) is 9.34. The van der Waals surface area contributed by atoms with Crippen molar-refractivity contribution in [2.75, 3.05) is 44.7 Å². The normalized spacial score (nSPS) is 16.0. The third-order valence-electron chi connectivity index (χ3n) is 5.06. The molecule has 0 unspecified atom stereocenters. The molecule has 1 fully saturated rings. The van der Waals surface area contributed by atoms with Crippen LogP contribution in [0, 0.1) is 0 Å². The van der Waals surface area contributed by atoms with E-state index in [0.29, 0.717) is 11.6 Å². The predicted octanol–water partition coefficient (Wildman–Crippen LogP) is 1.93. The average Bonchev–Trinajstić information content (AvgIpc) is 2.68. The van der Waals surface area contributed by atoms with E-state index < -0.39 is 0 Å². The minimum atomic E-state index is -0.0968. The molecule has 2 aromatic carbocycles. The highest BCUT2D eigenvalue weighted by molar-refractivity contribution is 6.31. The number of quaternary nitrogens is 1. The molecular formula is C21H27ClN3O2+. The molecule has 0 aromatic heterocycles. The van der Waals surface area contributed by atoms with Crippen LogP contribution in [0.4, 0.5) is 5.69 Å². The molecule has 1 aliphatic rings. The summed E-state index contributed by atoms with van der Waals surface area (Å²) in [5, 5.41) is 3.75. The molecule has 1 aliphatic heterocycles. The lowest BCUT2D eigenvalue weighted by molar-refractivity contribution is -0.892. The van der Waals surface area contributed by atoms with Gasteiger partial charge in [0.1, 0.15) is 5.75 Å². The Morgan fingerprint density at radius 3 is 2.56 bits per heavy atom. The van der Waals surface area contributed by atoms with Crippen molar-refractivity contribution in [2.45, 2.75) is 13.0 Å².